The van der Waals surface area contributed by atoms with Crippen LogP contribution in [0, 0.1) is 5.95 Å². The van der Waals surface area contributed by atoms with E-state index in [1.807, 2.05) is 4.90 Å². The molecule has 4 heterocycles. The van der Waals surface area contributed by atoms with Crippen molar-refractivity contribution in [1.82, 2.24) is 25.1 Å². The number of hydrogen-bond donors (Lipinski definition) is 3. The molecule has 0 spiro atoms. The molecule has 1 amide bonds. The number of fused-ring (bicyclic) bond motifs is 1. The van der Waals surface area contributed by atoms with Crippen molar-refractivity contribution < 1.29 is 9.18 Å². The van der Waals surface area contributed by atoms with Crippen LogP contribution in [0.5, 0.6) is 0 Å². The van der Waals surface area contributed by atoms with Crippen LogP contribution in [0.4, 0.5) is 27.7 Å². The number of amides is 1. The Morgan fingerprint density at radius 2 is 2.06 bits per heavy atom. The molecule has 1 atom stereocenters. The molecule has 32 heavy (non-hydrogen) atoms. The molecule has 3 aromatic rings. The third kappa shape index (κ3) is 4.01. The summed E-state index contributed by atoms with van der Waals surface area (Å²) < 4.78 is 13.1. The fourth-order valence-corrected chi connectivity index (χ4v) is 4.14. The lowest BCUT2D eigenvalue weighted by Crippen LogP contribution is -2.40. The molecule has 10 nitrogen and oxygen atoms in total. The molecule has 1 fully saturated rings. The van der Waals surface area contributed by atoms with Crippen molar-refractivity contribution in [2.24, 2.45) is 0 Å². The maximum absolute atomic E-state index is 13.1. The van der Waals surface area contributed by atoms with Crippen LogP contribution in [0.2, 0.25) is 0 Å². The maximum atomic E-state index is 13.1. The number of halogens is 1. The third-order valence-corrected chi connectivity index (χ3v) is 5.65. The zero-order chi connectivity index (χ0) is 22.1. The van der Waals surface area contributed by atoms with Crippen LogP contribution in [0.25, 0.3) is 0 Å². The second kappa shape index (κ2) is 8.33. The number of hydrogen-bond acceptors (Lipinski definition) is 8. The second-order valence-corrected chi connectivity index (χ2v) is 7.79. The maximum Gasteiger partial charge on any atom is 0.264 e. The summed E-state index contributed by atoms with van der Waals surface area (Å²) in [6.07, 6.45) is 5.43. The largest absolute Gasteiger partial charge is 0.329 e. The summed E-state index contributed by atoms with van der Waals surface area (Å²) >= 11 is 0. The first kappa shape index (κ1) is 20.0. The Morgan fingerprint density at radius 3 is 2.84 bits per heavy atom. The van der Waals surface area contributed by atoms with Gasteiger partial charge in [0, 0.05) is 18.2 Å². The topological polar surface area (TPSA) is 129 Å². The summed E-state index contributed by atoms with van der Waals surface area (Å²) in [6.45, 7) is 0.648. The van der Waals surface area contributed by atoms with Crippen molar-refractivity contribution in [2.75, 3.05) is 22.1 Å². The fourth-order valence-electron chi connectivity index (χ4n) is 4.14. The summed E-state index contributed by atoms with van der Waals surface area (Å²) in [7, 11) is 0. The number of pyridine rings is 1. The number of carbonyl (C=O) groups excluding carboxylic acids is 1. The highest BCUT2D eigenvalue weighted by Gasteiger charge is 2.34. The van der Waals surface area contributed by atoms with Crippen LogP contribution >= 0.6 is 0 Å². The number of anilines is 4. The number of aromatic nitrogens is 5. The molecule has 2 aliphatic rings. The van der Waals surface area contributed by atoms with Gasteiger partial charge in [-0.25, -0.2) is 15.1 Å². The average Bonchev–Trinajstić information content (AvgIpc) is 3.46. The minimum atomic E-state index is -0.603. The second-order valence-electron chi connectivity index (χ2n) is 7.79. The Labute approximate surface area is 182 Å². The van der Waals surface area contributed by atoms with Gasteiger partial charge in [0.2, 0.25) is 17.8 Å². The number of rotatable bonds is 5. The van der Waals surface area contributed by atoms with Crippen molar-refractivity contribution >= 4 is 29.2 Å². The molecule has 0 aromatic carbocycles. The zero-order valence-electron chi connectivity index (χ0n) is 17.1. The van der Waals surface area contributed by atoms with Gasteiger partial charge >= 0.3 is 0 Å². The zero-order valence-corrected chi connectivity index (χ0v) is 17.1. The van der Waals surface area contributed by atoms with E-state index in [0.29, 0.717) is 36.2 Å². The van der Waals surface area contributed by atoms with Gasteiger partial charge in [-0.3, -0.25) is 9.59 Å². The molecule has 0 saturated carbocycles. The van der Waals surface area contributed by atoms with Gasteiger partial charge in [0.25, 0.3) is 5.56 Å². The van der Waals surface area contributed by atoms with Gasteiger partial charge in [0.1, 0.15) is 11.9 Å². The summed E-state index contributed by atoms with van der Waals surface area (Å²) in [5, 5.41) is 12.4. The summed E-state index contributed by atoms with van der Waals surface area (Å²) in [4.78, 5) is 39.2. The van der Waals surface area contributed by atoms with Crippen LogP contribution in [0.3, 0.4) is 0 Å². The van der Waals surface area contributed by atoms with E-state index in [9.17, 15) is 14.0 Å². The fraction of sp³-hybridized carbons (Fsp3) is 0.333. The van der Waals surface area contributed by atoms with Crippen molar-refractivity contribution in [1.29, 1.82) is 0 Å². The first-order chi connectivity index (χ1) is 15.6. The van der Waals surface area contributed by atoms with Crippen LogP contribution in [0.15, 0.2) is 35.3 Å². The van der Waals surface area contributed by atoms with Gasteiger partial charge in [-0.2, -0.15) is 14.5 Å². The van der Waals surface area contributed by atoms with Gasteiger partial charge in [-0.1, -0.05) is 0 Å². The van der Waals surface area contributed by atoms with Gasteiger partial charge in [0.05, 0.1) is 17.6 Å². The lowest BCUT2D eigenvalue weighted by Gasteiger charge is -2.25. The van der Waals surface area contributed by atoms with E-state index in [-0.39, 0.29) is 11.5 Å². The molecule has 0 radical (unpaired) electrons. The van der Waals surface area contributed by atoms with E-state index in [4.69, 9.17) is 9.97 Å². The SMILES string of the molecule is O=C(Nc1ccc(F)nc1)[C@@H]1CCCN1c1nc2c(c(Nc3ccc(=O)[nH]n3)n1)CCC2. The Hall–Kier alpha value is -3.89. The van der Waals surface area contributed by atoms with Crippen LogP contribution in [-0.4, -0.2) is 43.6 Å². The van der Waals surface area contributed by atoms with E-state index >= 15 is 0 Å². The molecule has 164 valence electrons. The molecule has 5 rings (SSSR count). The first-order valence-corrected chi connectivity index (χ1v) is 10.5. The predicted octanol–water partition coefficient (Wildman–Crippen LogP) is 1.93. The Balaban J connectivity index is 1.41. The van der Waals surface area contributed by atoms with Crippen LogP contribution < -0.4 is 21.1 Å². The molecule has 11 heteroatoms. The van der Waals surface area contributed by atoms with Crippen LogP contribution in [0.1, 0.15) is 30.5 Å². The molecular weight excluding hydrogens is 415 g/mol. The normalized spacial score (nSPS) is 17.3. The van der Waals surface area contributed by atoms with Gasteiger partial charge < -0.3 is 15.5 Å². The Morgan fingerprint density at radius 1 is 1.16 bits per heavy atom. The minimum absolute atomic E-state index is 0.211. The number of aromatic amines is 1. The minimum Gasteiger partial charge on any atom is -0.329 e. The van der Waals surface area contributed by atoms with Gasteiger partial charge in [-0.15, -0.1) is 0 Å². The van der Waals surface area contributed by atoms with Crippen molar-refractivity contribution in [2.45, 2.75) is 38.1 Å². The lowest BCUT2D eigenvalue weighted by atomic mass is 10.2. The standard InChI is InChI=1S/C21H21FN8O2/c22-16-7-6-12(11-23-16)24-20(32)15-5-2-10-30(15)21-25-14-4-1-3-13(14)19(27-21)26-17-8-9-18(31)29-28-17/h6-9,11,15H,1-5,10H2,(H,24,32)(H,29,31)(H,25,26,27,28)/t15-/m0/s1. The number of aryl methyl sites for hydroxylation is 1. The number of carbonyl (C=O) groups is 1. The number of H-pyrrole nitrogens is 1. The lowest BCUT2D eigenvalue weighted by molar-refractivity contribution is -0.117. The van der Waals surface area contributed by atoms with Crippen molar-refractivity contribution in [3.63, 3.8) is 0 Å². The average molecular weight is 436 g/mol. The molecule has 1 aliphatic heterocycles. The molecule has 3 aromatic heterocycles. The first-order valence-electron chi connectivity index (χ1n) is 10.5. The molecule has 1 aliphatic carbocycles. The van der Waals surface area contributed by atoms with Crippen molar-refractivity contribution in [3.05, 3.63) is 58.0 Å². The molecule has 3 N–H and O–H groups in total. The summed E-state index contributed by atoms with van der Waals surface area (Å²) in [5.41, 5.74) is 2.13. The van der Waals surface area contributed by atoms with E-state index < -0.39 is 12.0 Å². The highest BCUT2D eigenvalue weighted by atomic mass is 19.1. The third-order valence-electron chi connectivity index (χ3n) is 5.65. The summed E-state index contributed by atoms with van der Waals surface area (Å²) in [6, 6.07) is 5.21. The van der Waals surface area contributed by atoms with Gasteiger partial charge in [0.15, 0.2) is 5.82 Å². The molecular formula is C21H21FN8O2. The Kier molecular flexibility index (Phi) is 5.21. The number of nitrogens with zero attached hydrogens (tertiary/aromatic N) is 5. The summed E-state index contributed by atoms with van der Waals surface area (Å²) in [5.74, 6) is 0.775. The molecule has 0 unspecified atom stereocenters. The Bertz CT molecular complexity index is 1190. The van der Waals surface area contributed by atoms with Crippen LogP contribution in [-0.2, 0) is 17.6 Å². The quantitative estimate of drug-likeness (QED) is 0.518. The molecule has 1 saturated heterocycles. The monoisotopic (exact) mass is 436 g/mol. The number of nitrogens with one attached hydrogen (secondary N) is 3. The predicted molar refractivity (Wildman–Crippen MR) is 115 cm³/mol. The van der Waals surface area contributed by atoms with E-state index in [1.165, 1.54) is 24.4 Å². The highest BCUT2D eigenvalue weighted by Crippen LogP contribution is 2.32. The smallest absolute Gasteiger partial charge is 0.264 e. The van der Waals surface area contributed by atoms with E-state index in [2.05, 4.69) is 25.8 Å². The highest BCUT2D eigenvalue weighted by molar-refractivity contribution is 5.96. The molecule has 0 bridgehead atoms. The van der Waals surface area contributed by atoms with E-state index in [1.54, 1.807) is 6.07 Å². The van der Waals surface area contributed by atoms with Gasteiger partial charge in [-0.05, 0) is 50.3 Å². The van der Waals surface area contributed by atoms with E-state index in [0.717, 1.165) is 36.9 Å². The van der Waals surface area contributed by atoms with Crippen molar-refractivity contribution in [3.8, 4) is 0 Å².